The lowest BCUT2D eigenvalue weighted by Gasteiger charge is -2.14. The highest BCUT2D eigenvalue weighted by Crippen LogP contribution is 2.26. The van der Waals surface area contributed by atoms with Crippen LogP contribution < -0.4 is 16.1 Å². The van der Waals surface area contributed by atoms with Crippen molar-refractivity contribution in [1.29, 1.82) is 0 Å². The Morgan fingerprint density at radius 3 is 2.37 bits per heavy atom. The maximum atomic E-state index is 14.0. The maximum absolute atomic E-state index is 14.0. The molecule has 0 radical (unpaired) electrons. The first-order valence-electron chi connectivity index (χ1n) is 13.8. The highest BCUT2D eigenvalue weighted by Gasteiger charge is 2.22. The van der Waals surface area contributed by atoms with E-state index in [1.807, 2.05) is 33.2 Å². The number of imidazole rings is 1. The third-order valence-corrected chi connectivity index (χ3v) is 7.25. The van der Waals surface area contributed by atoms with Crippen molar-refractivity contribution < 1.29 is 9.18 Å². The second-order valence-corrected chi connectivity index (χ2v) is 10.4. The summed E-state index contributed by atoms with van der Waals surface area (Å²) in [5, 5.41) is 0.231. The van der Waals surface area contributed by atoms with E-state index in [1.54, 1.807) is 46.1 Å². The lowest BCUT2D eigenvalue weighted by molar-refractivity contribution is 0.102. The summed E-state index contributed by atoms with van der Waals surface area (Å²) in [6, 6.07) is 15.9. The molecule has 0 bridgehead atoms. The van der Waals surface area contributed by atoms with Gasteiger partial charge in [0.05, 0.1) is 28.7 Å². The monoisotopic (exact) mass is 577 g/mol. The molecule has 4 aromatic heterocycles. The van der Waals surface area contributed by atoms with Crippen molar-refractivity contribution in [2.45, 2.75) is 26.4 Å². The highest BCUT2D eigenvalue weighted by atomic mass is 19.1. The molecule has 0 amide bonds. The molecule has 216 valence electrons. The van der Waals surface area contributed by atoms with Gasteiger partial charge in [0.1, 0.15) is 5.82 Å². The largest absolute Gasteiger partial charge is 0.347 e. The maximum Gasteiger partial charge on any atom is 0.331 e. The molecule has 0 aliphatic carbocycles. The minimum Gasteiger partial charge on any atom is -0.347 e. The highest BCUT2D eigenvalue weighted by molar-refractivity contribution is 6.09. The predicted molar refractivity (Wildman–Crippen MR) is 162 cm³/mol. The number of rotatable bonds is 8. The van der Waals surface area contributed by atoms with Gasteiger partial charge < -0.3 is 4.90 Å². The zero-order valence-electron chi connectivity index (χ0n) is 23.9. The third-order valence-electron chi connectivity index (χ3n) is 7.25. The van der Waals surface area contributed by atoms with Crippen LogP contribution in [-0.4, -0.2) is 48.4 Å². The second kappa shape index (κ2) is 11.1. The van der Waals surface area contributed by atoms with Crippen LogP contribution in [0.25, 0.3) is 27.7 Å². The van der Waals surface area contributed by atoms with Crippen LogP contribution in [-0.2, 0) is 13.1 Å². The Kier molecular flexibility index (Phi) is 7.14. The van der Waals surface area contributed by atoms with E-state index in [4.69, 9.17) is 4.98 Å². The zero-order chi connectivity index (χ0) is 30.2. The Bertz CT molecular complexity index is 2110. The van der Waals surface area contributed by atoms with Gasteiger partial charge in [-0.05, 0) is 54.4 Å². The molecule has 43 heavy (non-hydrogen) atoms. The molecule has 6 rings (SSSR count). The fraction of sp³-hybridized carbons (Fsp3) is 0.188. The molecule has 0 saturated carbocycles. The number of hydrogen-bond acceptors (Lipinski definition) is 7. The minimum atomic E-state index is -0.530. The number of carbonyl (C=O) groups excluding carboxylic acids is 1. The number of fused-ring (bicyclic) bond motifs is 2. The average molecular weight is 578 g/mol. The van der Waals surface area contributed by atoms with Gasteiger partial charge in [-0.3, -0.25) is 23.1 Å². The number of halogens is 1. The van der Waals surface area contributed by atoms with E-state index in [9.17, 15) is 18.8 Å². The van der Waals surface area contributed by atoms with Crippen LogP contribution in [0.15, 0.2) is 88.8 Å². The standard InChI is InChI=1S/C32H28FN7O3/c1-4-14-39-25-13-10-21(16-24(25)30(42)40(32(39)43)19-20-8-11-23(33)12-9-20)28(41)29-36-27(26-7-5-6-15-38(26)29)22-17-34-31(35-18-22)37(2)3/h5-13,15-18H,4,14,19H2,1-3H3. The Morgan fingerprint density at radius 2 is 1.67 bits per heavy atom. The van der Waals surface area contributed by atoms with Gasteiger partial charge in [0.2, 0.25) is 11.7 Å². The summed E-state index contributed by atoms with van der Waals surface area (Å²) in [5.74, 6) is -0.0895. The molecular formula is C32H28FN7O3. The predicted octanol–water partition coefficient (Wildman–Crippen LogP) is 4.16. The van der Waals surface area contributed by atoms with Gasteiger partial charge in [0.15, 0.2) is 5.82 Å². The van der Waals surface area contributed by atoms with Crippen molar-refractivity contribution in [2.24, 2.45) is 0 Å². The molecular weight excluding hydrogens is 549 g/mol. The molecule has 0 atom stereocenters. The van der Waals surface area contributed by atoms with Crippen molar-refractivity contribution >= 4 is 28.2 Å². The molecule has 0 saturated heterocycles. The van der Waals surface area contributed by atoms with Crippen LogP contribution in [0.2, 0.25) is 0 Å². The Hall–Kier alpha value is -5.45. The molecule has 4 heterocycles. The molecule has 0 aliphatic rings. The zero-order valence-corrected chi connectivity index (χ0v) is 23.9. The summed E-state index contributed by atoms with van der Waals surface area (Å²) in [6.07, 6.45) is 5.74. The number of nitrogens with zero attached hydrogens (tertiary/aromatic N) is 7. The van der Waals surface area contributed by atoms with Crippen molar-refractivity contribution in [1.82, 2.24) is 28.5 Å². The molecule has 0 spiro atoms. The number of pyridine rings is 1. The molecule has 0 N–H and O–H groups in total. The number of hydrogen-bond donors (Lipinski definition) is 0. The van der Waals surface area contributed by atoms with E-state index in [2.05, 4.69) is 9.97 Å². The molecule has 0 unspecified atom stereocenters. The second-order valence-electron chi connectivity index (χ2n) is 10.4. The normalized spacial score (nSPS) is 11.3. The lowest BCUT2D eigenvalue weighted by atomic mass is 10.1. The number of aryl methyl sites for hydroxylation is 1. The van der Waals surface area contributed by atoms with Crippen molar-refractivity contribution in [3.63, 3.8) is 0 Å². The molecule has 2 aromatic carbocycles. The summed E-state index contributed by atoms with van der Waals surface area (Å²) in [4.78, 5) is 56.3. The average Bonchev–Trinajstić information content (AvgIpc) is 3.41. The first-order valence-corrected chi connectivity index (χ1v) is 13.8. The Labute approximate surface area is 245 Å². The Morgan fingerprint density at radius 1 is 0.930 bits per heavy atom. The lowest BCUT2D eigenvalue weighted by Crippen LogP contribution is -2.40. The van der Waals surface area contributed by atoms with Crippen LogP contribution >= 0.6 is 0 Å². The number of anilines is 1. The van der Waals surface area contributed by atoms with E-state index in [0.29, 0.717) is 46.8 Å². The van der Waals surface area contributed by atoms with Crippen LogP contribution in [0.5, 0.6) is 0 Å². The van der Waals surface area contributed by atoms with E-state index in [-0.39, 0.29) is 23.3 Å². The van der Waals surface area contributed by atoms with E-state index < -0.39 is 22.8 Å². The molecule has 11 heteroatoms. The van der Waals surface area contributed by atoms with E-state index in [0.717, 1.165) is 4.57 Å². The molecule has 0 aliphatic heterocycles. The number of ketones is 1. The topological polar surface area (TPSA) is 107 Å². The van der Waals surface area contributed by atoms with E-state index in [1.165, 1.54) is 34.9 Å². The van der Waals surface area contributed by atoms with E-state index >= 15 is 0 Å². The summed E-state index contributed by atoms with van der Waals surface area (Å²) >= 11 is 0. The number of carbonyl (C=O) groups is 1. The smallest absolute Gasteiger partial charge is 0.331 e. The van der Waals surface area contributed by atoms with Crippen molar-refractivity contribution in [3.8, 4) is 11.3 Å². The van der Waals surface area contributed by atoms with Gasteiger partial charge in [-0.1, -0.05) is 25.1 Å². The summed E-state index contributed by atoms with van der Waals surface area (Å²) in [6.45, 7) is 2.29. The van der Waals surface area contributed by atoms with Crippen LogP contribution in [0.4, 0.5) is 10.3 Å². The number of benzene rings is 2. The van der Waals surface area contributed by atoms with Crippen LogP contribution in [0.1, 0.15) is 35.1 Å². The third kappa shape index (κ3) is 4.99. The van der Waals surface area contributed by atoms with Crippen LogP contribution in [0.3, 0.4) is 0 Å². The van der Waals surface area contributed by atoms with Gasteiger partial charge in [-0.15, -0.1) is 0 Å². The Balaban J connectivity index is 1.47. The van der Waals surface area contributed by atoms with Crippen molar-refractivity contribution in [2.75, 3.05) is 19.0 Å². The van der Waals surface area contributed by atoms with Gasteiger partial charge in [0.25, 0.3) is 5.56 Å². The summed E-state index contributed by atoms with van der Waals surface area (Å²) < 4.78 is 17.8. The SMILES string of the molecule is CCCn1c(=O)n(Cc2ccc(F)cc2)c(=O)c2cc(C(=O)c3nc(-c4cnc(N(C)C)nc4)c4ccccn34)ccc21. The molecule has 0 fully saturated rings. The minimum absolute atomic E-state index is 0.0291. The summed E-state index contributed by atoms with van der Waals surface area (Å²) in [5.41, 5.74) is 2.21. The van der Waals surface area contributed by atoms with Gasteiger partial charge in [0, 0.05) is 50.4 Å². The van der Waals surface area contributed by atoms with Crippen LogP contribution in [0, 0.1) is 5.82 Å². The van der Waals surface area contributed by atoms with Gasteiger partial charge in [-0.2, -0.15) is 0 Å². The van der Waals surface area contributed by atoms with Gasteiger partial charge >= 0.3 is 5.69 Å². The van der Waals surface area contributed by atoms with Gasteiger partial charge in [-0.25, -0.2) is 24.1 Å². The fourth-order valence-corrected chi connectivity index (χ4v) is 5.13. The van der Waals surface area contributed by atoms with Crippen molar-refractivity contribution in [3.05, 3.63) is 123 Å². The molecule has 6 aromatic rings. The first-order chi connectivity index (χ1) is 20.8. The fourth-order valence-electron chi connectivity index (χ4n) is 5.13. The summed E-state index contributed by atoms with van der Waals surface area (Å²) in [7, 11) is 3.70. The molecule has 10 nitrogen and oxygen atoms in total. The number of aromatic nitrogens is 6. The first kappa shape index (κ1) is 27.7. The quantitative estimate of drug-likeness (QED) is 0.250.